The van der Waals surface area contributed by atoms with Crippen molar-refractivity contribution in [3.8, 4) is 11.1 Å². The molecule has 0 saturated carbocycles. The van der Waals surface area contributed by atoms with Crippen molar-refractivity contribution in [2.75, 3.05) is 0 Å². The van der Waals surface area contributed by atoms with Crippen LogP contribution in [0, 0.1) is 13.8 Å². The van der Waals surface area contributed by atoms with Crippen LogP contribution < -0.4 is 0 Å². The first-order chi connectivity index (χ1) is 9.82. The van der Waals surface area contributed by atoms with Crippen LogP contribution >= 0.6 is 0 Å². The van der Waals surface area contributed by atoms with E-state index in [0.29, 0.717) is 6.42 Å². The quantitative estimate of drug-likeness (QED) is 0.656. The second kappa shape index (κ2) is 5.92. The van der Waals surface area contributed by atoms with E-state index in [4.69, 9.17) is 0 Å². The smallest absolute Gasteiger partial charge is 0.166 e. The lowest BCUT2D eigenvalue weighted by atomic mass is 9.93. The lowest BCUT2D eigenvalue weighted by molar-refractivity contribution is -0.137. The number of hydrogen-bond acceptors (Lipinski definition) is 0. The summed E-state index contributed by atoms with van der Waals surface area (Å²) in [4.78, 5) is 0. The number of alkyl halides is 3. The molecule has 0 aliphatic carbocycles. The fraction of sp³-hybridized carbons (Fsp3) is 0.333. The van der Waals surface area contributed by atoms with E-state index in [0.717, 1.165) is 28.7 Å². The van der Waals surface area contributed by atoms with Crippen LogP contribution in [0.3, 0.4) is 0 Å². The van der Waals surface area contributed by atoms with Gasteiger partial charge in [0, 0.05) is 0 Å². The molecule has 2 aromatic rings. The van der Waals surface area contributed by atoms with Crippen LogP contribution in [0.4, 0.5) is 13.2 Å². The largest absolute Gasteiger partial charge is 0.416 e. The third-order valence-corrected chi connectivity index (χ3v) is 3.77. The Morgan fingerprint density at radius 1 is 0.905 bits per heavy atom. The molecule has 0 aliphatic rings. The molecule has 0 aliphatic heterocycles. The summed E-state index contributed by atoms with van der Waals surface area (Å²) in [5.41, 5.74) is 4.40. The van der Waals surface area contributed by atoms with Crippen molar-refractivity contribution in [3.05, 3.63) is 58.7 Å². The summed E-state index contributed by atoms with van der Waals surface area (Å²) >= 11 is 0. The predicted octanol–water partition coefficient (Wildman–Crippen LogP) is 5.94. The number of rotatable bonds is 3. The van der Waals surface area contributed by atoms with E-state index in [1.807, 2.05) is 39.0 Å². The minimum Gasteiger partial charge on any atom is -0.166 e. The highest BCUT2D eigenvalue weighted by molar-refractivity contribution is 5.69. The molecule has 0 radical (unpaired) electrons. The molecular formula is C18H19F3. The highest BCUT2D eigenvalue weighted by atomic mass is 19.4. The molecule has 0 unspecified atom stereocenters. The van der Waals surface area contributed by atoms with Gasteiger partial charge < -0.3 is 0 Å². The molecule has 0 spiro atoms. The monoisotopic (exact) mass is 292 g/mol. The second-order valence-corrected chi connectivity index (χ2v) is 5.42. The maximum Gasteiger partial charge on any atom is 0.416 e. The molecular weight excluding hydrogens is 273 g/mol. The van der Waals surface area contributed by atoms with Gasteiger partial charge in [0.15, 0.2) is 0 Å². The van der Waals surface area contributed by atoms with Crippen molar-refractivity contribution in [1.82, 2.24) is 0 Å². The molecule has 2 rings (SSSR count). The van der Waals surface area contributed by atoms with Crippen molar-refractivity contribution in [2.24, 2.45) is 0 Å². The van der Waals surface area contributed by atoms with Gasteiger partial charge in [-0.2, -0.15) is 13.2 Å². The Bertz CT molecular complexity index is 639. The van der Waals surface area contributed by atoms with Gasteiger partial charge >= 0.3 is 6.18 Å². The van der Waals surface area contributed by atoms with Gasteiger partial charge in [-0.25, -0.2) is 0 Å². The summed E-state index contributed by atoms with van der Waals surface area (Å²) in [5.74, 6) is 0. The van der Waals surface area contributed by atoms with E-state index in [1.165, 1.54) is 17.7 Å². The molecule has 0 fully saturated rings. The van der Waals surface area contributed by atoms with Crippen molar-refractivity contribution in [3.63, 3.8) is 0 Å². The first kappa shape index (κ1) is 15.6. The fourth-order valence-corrected chi connectivity index (χ4v) is 2.44. The zero-order valence-electron chi connectivity index (χ0n) is 12.5. The normalized spacial score (nSPS) is 11.7. The van der Waals surface area contributed by atoms with Crippen LogP contribution in [-0.4, -0.2) is 0 Å². The Balaban J connectivity index is 2.54. The minimum atomic E-state index is -4.29. The molecule has 0 amide bonds. The standard InChI is InChI=1S/C18H19F3/c1-4-5-14-11-16(18(19,20)21)8-9-17(14)15-7-6-12(2)13(3)10-15/h6-11H,4-5H2,1-3H3. The van der Waals surface area contributed by atoms with Crippen LogP contribution in [-0.2, 0) is 12.6 Å². The second-order valence-electron chi connectivity index (χ2n) is 5.42. The number of halogens is 3. The lowest BCUT2D eigenvalue weighted by Gasteiger charge is -2.14. The average Bonchev–Trinajstić information content (AvgIpc) is 2.41. The van der Waals surface area contributed by atoms with Crippen molar-refractivity contribution in [1.29, 1.82) is 0 Å². The molecule has 0 N–H and O–H groups in total. The SMILES string of the molecule is CCCc1cc(C(F)(F)F)ccc1-c1ccc(C)c(C)c1. The summed E-state index contributed by atoms with van der Waals surface area (Å²) in [6, 6.07) is 10.1. The van der Waals surface area contributed by atoms with Crippen molar-refractivity contribution < 1.29 is 13.2 Å². The summed E-state index contributed by atoms with van der Waals surface area (Å²) < 4.78 is 38.6. The summed E-state index contributed by atoms with van der Waals surface area (Å²) in [5, 5.41) is 0. The molecule has 0 nitrogen and oxygen atoms in total. The van der Waals surface area contributed by atoms with Crippen LogP contribution in [0.25, 0.3) is 11.1 Å². The third-order valence-electron chi connectivity index (χ3n) is 3.77. The molecule has 21 heavy (non-hydrogen) atoms. The van der Waals surface area contributed by atoms with Crippen LogP contribution in [0.5, 0.6) is 0 Å². The molecule has 0 bridgehead atoms. The number of aryl methyl sites for hydroxylation is 3. The number of benzene rings is 2. The Labute approximate surface area is 123 Å². The Hall–Kier alpha value is -1.77. The van der Waals surface area contributed by atoms with Gasteiger partial charge in [-0.15, -0.1) is 0 Å². The number of hydrogen-bond donors (Lipinski definition) is 0. The highest BCUT2D eigenvalue weighted by Gasteiger charge is 2.30. The van der Waals surface area contributed by atoms with E-state index in [-0.39, 0.29) is 0 Å². The van der Waals surface area contributed by atoms with E-state index < -0.39 is 11.7 Å². The van der Waals surface area contributed by atoms with Crippen LogP contribution in [0.2, 0.25) is 0 Å². The lowest BCUT2D eigenvalue weighted by Crippen LogP contribution is -2.06. The fourth-order valence-electron chi connectivity index (χ4n) is 2.44. The molecule has 0 saturated heterocycles. The Kier molecular flexibility index (Phi) is 4.40. The topological polar surface area (TPSA) is 0 Å². The first-order valence-corrected chi connectivity index (χ1v) is 7.10. The summed E-state index contributed by atoms with van der Waals surface area (Å²) in [6.07, 6.45) is -2.82. The van der Waals surface area contributed by atoms with Gasteiger partial charge in [0.05, 0.1) is 5.56 Å². The predicted molar refractivity (Wildman–Crippen MR) is 80.3 cm³/mol. The molecule has 2 aromatic carbocycles. The summed E-state index contributed by atoms with van der Waals surface area (Å²) in [7, 11) is 0. The van der Waals surface area contributed by atoms with Gasteiger partial charge in [0.1, 0.15) is 0 Å². The maximum absolute atomic E-state index is 12.9. The van der Waals surface area contributed by atoms with Crippen molar-refractivity contribution in [2.45, 2.75) is 39.8 Å². The highest BCUT2D eigenvalue weighted by Crippen LogP contribution is 2.34. The Morgan fingerprint density at radius 2 is 1.62 bits per heavy atom. The van der Waals surface area contributed by atoms with Gasteiger partial charge in [-0.1, -0.05) is 37.6 Å². The molecule has 0 aromatic heterocycles. The van der Waals surface area contributed by atoms with Crippen LogP contribution in [0.1, 0.15) is 35.6 Å². The average molecular weight is 292 g/mol. The van der Waals surface area contributed by atoms with Gasteiger partial charge in [0.25, 0.3) is 0 Å². The van der Waals surface area contributed by atoms with Crippen LogP contribution in [0.15, 0.2) is 36.4 Å². The molecule has 0 atom stereocenters. The Morgan fingerprint density at radius 3 is 2.19 bits per heavy atom. The third kappa shape index (κ3) is 3.46. The van der Waals surface area contributed by atoms with Crippen molar-refractivity contribution >= 4 is 0 Å². The molecule has 3 heteroatoms. The van der Waals surface area contributed by atoms with E-state index in [2.05, 4.69) is 0 Å². The van der Waals surface area contributed by atoms with E-state index in [1.54, 1.807) is 6.07 Å². The zero-order chi connectivity index (χ0) is 15.6. The molecule has 112 valence electrons. The van der Waals surface area contributed by atoms with Gasteiger partial charge in [0.2, 0.25) is 0 Å². The zero-order valence-corrected chi connectivity index (χ0v) is 12.5. The van der Waals surface area contributed by atoms with E-state index in [9.17, 15) is 13.2 Å². The molecule has 0 heterocycles. The minimum absolute atomic E-state index is 0.571. The van der Waals surface area contributed by atoms with Gasteiger partial charge in [-0.3, -0.25) is 0 Å². The van der Waals surface area contributed by atoms with E-state index >= 15 is 0 Å². The van der Waals surface area contributed by atoms with Gasteiger partial charge in [-0.05, 0) is 60.2 Å². The maximum atomic E-state index is 12.9. The summed E-state index contributed by atoms with van der Waals surface area (Å²) in [6.45, 7) is 6.02. The first-order valence-electron chi connectivity index (χ1n) is 7.10.